The quantitative estimate of drug-likeness (QED) is 0.176. The van der Waals surface area contributed by atoms with E-state index in [0.717, 1.165) is 0 Å². The maximum Gasteiger partial charge on any atom is 0.136 e. The van der Waals surface area contributed by atoms with Crippen LogP contribution in [0, 0.1) is 0 Å². The summed E-state index contributed by atoms with van der Waals surface area (Å²) in [6.07, 6.45) is 0. The third-order valence-corrected chi connectivity index (χ3v) is 8.76. The van der Waals surface area contributed by atoms with Crippen molar-refractivity contribution in [2.45, 2.75) is 19.3 Å². The first-order valence-electron chi connectivity index (χ1n) is 27.7. The standard InChI is InChI=1S/C47H32O/c1-47(2)39-21-9-7-17-36(39)45-38(20-11-22-40(45)47)44-34-15-5-3-13-32(34)43(33-14-4-6-16-35(33)44)30-27-25-29(26-28-30)31-19-12-24-42-46(31)37-18-8-10-23-41(37)48-42/h3-28H,1-2H3/i3D,4D,5D,6D,7D,8D,9D,10D,11D,12D,13D,14D,15D,16D,17D,18D,19D,20D,21D,22D,23D,24D,25D,26D,27D,28D. The van der Waals surface area contributed by atoms with Gasteiger partial charge in [-0.25, -0.2) is 0 Å². The zero-order chi connectivity index (χ0) is 54.6. The average molecular weight is 639 g/mol. The van der Waals surface area contributed by atoms with Crippen LogP contribution in [0.2, 0.25) is 0 Å². The van der Waals surface area contributed by atoms with Crippen molar-refractivity contribution < 1.29 is 40.1 Å². The first kappa shape index (κ1) is 12.0. The van der Waals surface area contributed by atoms with E-state index in [1.165, 1.54) is 13.8 Å². The molecule has 0 amide bonds. The Balaban J connectivity index is 1.47. The lowest BCUT2D eigenvalue weighted by atomic mass is 9.80. The van der Waals surface area contributed by atoms with E-state index in [0.29, 0.717) is 0 Å². The summed E-state index contributed by atoms with van der Waals surface area (Å²) >= 11 is 0. The molecule has 1 heterocycles. The van der Waals surface area contributed by atoms with Crippen LogP contribution in [0.3, 0.4) is 0 Å². The van der Waals surface area contributed by atoms with Gasteiger partial charge in [0.2, 0.25) is 0 Å². The normalized spacial score (nSPS) is 21.0. The van der Waals surface area contributed by atoms with Crippen molar-refractivity contribution in [1.82, 2.24) is 0 Å². The summed E-state index contributed by atoms with van der Waals surface area (Å²) in [5.41, 5.74) is -7.33. The van der Waals surface area contributed by atoms with Gasteiger partial charge in [-0.15, -0.1) is 0 Å². The first-order valence-corrected chi connectivity index (χ1v) is 14.7. The Bertz CT molecular complexity index is 4120. The summed E-state index contributed by atoms with van der Waals surface area (Å²) in [5.74, 6) is 0. The molecule has 8 aromatic carbocycles. The molecule has 0 aliphatic heterocycles. The zero-order valence-electron chi connectivity index (χ0n) is 50.9. The predicted molar refractivity (Wildman–Crippen MR) is 203 cm³/mol. The topological polar surface area (TPSA) is 13.1 Å². The van der Waals surface area contributed by atoms with Crippen LogP contribution in [0.4, 0.5) is 0 Å². The number of hydrogen-bond acceptors (Lipinski definition) is 1. The van der Waals surface area contributed by atoms with E-state index in [1.54, 1.807) is 0 Å². The second-order valence-corrected chi connectivity index (χ2v) is 11.6. The second kappa shape index (κ2) is 10.0. The van der Waals surface area contributed by atoms with Crippen molar-refractivity contribution in [1.29, 1.82) is 0 Å². The van der Waals surface area contributed by atoms with Crippen LogP contribution in [-0.4, -0.2) is 0 Å². The fourth-order valence-corrected chi connectivity index (χ4v) is 6.64. The van der Waals surface area contributed by atoms with Gasteiger partial charge in [-0.1, -0.05) is 159 Å². The van der Waals surface area contributed by atoms with E-state index in [2.05, 4.69) is 0 Å². The van der Waals surface area contributed by atoms with Gasteiger partial charge < -0.3 is 4.42 Å². The number of para-hydroxylation sites is 1. The Morgan fingerprint density at radius 3 is 1.62 bits per heavy atom. The predicted octanol–water partition coefficient (Wildman–Crippen LogP) is 13.2. The Hall–Kier alpha value is -5.92. The van der Waals surface area contributed by atoms with Crippen molar-refractivity contribution in [3.05, 3.63) is 168 Å². The van der Waals surface area contributed by atoms with Gasteiger partial charge in [-0.2, -0.15) is 0 Å². The highest BCUT2D eigenvalue weighted by Gasteiger charge is 2.37. The summed E-state index contributed by atoms with van der Waals surface area (Å²) in [6, 6.07) is -22.0. The minimum Gasteiger partial charge on any atom is -0.456 e. The number of fused-ring (bicyclic) bond motifs is 8. The van der Waals surface area contributed by atoms with Gasteiger partial charge in [0, 0.05) is 16.2 Å². The lowest BCUT2D eigenvalue weighted by molar-refractivity contribution is 0.660. The van der Waals surface area contributed by atoms with Gasteiger partial charge in [-0.05, 0) is 89.3 Å². The molecule has 0 spiro atoms. The van der Waals surface area contributed by atoms with Crippen LogP contribution in [0.1, 0.15) is 60.6 Å². The maximum atomic E-state index is 9.69. The van der Waals surface area contributed by atoms with E-state index in [9.17, 15) is 15.1 Å². The monoisotopic (exact) mass is 638 g/mol. The van der Waals surface area contributed by atoms with E-state index in [1.807, 2.05) is 0 Å². The summed E-state index contributed by atoms with van der Waals surface area (Å²) < 4.78 is 242. The molecular formula is C47H32O. The smallest absolute Gasteiger partial charge is 0.136 e. The van der Waals surface area contributed by atoms with Gasteiger partial charge in [0.25, 0.3) is 0 Å². The summed E-state index contributed by atoms with van der Waals surface area (Å²) in [7, 11) is 0. The number of benzene rings is 8. The van der Waals surface area contributed by atoms with Crippen LogP contribution in [0.25, 0.3) is 88.0 Å². The van der Waals surface area contributed by atoms with E-state index < -0.39 is 239 Å². The average Bonchev–Trinajstić information content (AvgIpc) is 3.87. The Kier molecular flexibility index (Phi) is 2.50. The minimum absolute atomic E-state index is 0.0668. The van der Waals surface area contributed by atoms with Crippen LogP contribution >= 0.6 is 0 Å². The molecule has 0 radical (unpaired) electrons. The zero-order valence-corrected chi connectivity index (χ0v) is 24.9. The van der Waals surface area contributed by atoms with E-state index >= 15 is 0 Å². The number of hydrogen-bond donors (Lipinski definition) is 0. The van der Waals surface area contributed by atoms with Gasteiger partial charge >= 0.3 is 0 Å². The fraction of sp³-hybridized carbons (Fsp3) is 0.0638. The molecule has 48 heavy (non-hydrogen) atoms. The molecule has 9 aromatic rings. The van der Waals surface area contributed by atoms with E-state index in [-0.39, 0.29) is 22.3 Å². The fourth-order valence-electron chi connectivity index (χ4n) is 6.64. The van der Waals surface area contributed by atoms with Gasteiger partial charge in [0.1, 0.15) is 11.2 Å². The highest BCUT2D eigenvalue weighted by Crippen LogP contribution is 2.54. The maximum absolute atomic E-state index is 9.69. The molecular weight excluding hydrogens is 581 g/mol. The van der Waals surface area contributed by atoms with Gasteiger partial charge in [-0.3, -0.25) is 0 Å². The molecule has 1 aromatic heterocycles. The van der Waals surface area contributed by atoms with Crippen molar-refractivity contribution in [2.75, 3.05) is 0 Å². The number of rotatable bonds is 3. The molecule has 0 unspecified atom stereocenters. The molecule has 0 N–H and O–H groups in total. The van der Waals surface area contributed by atoms with Crippen LogP contribution in [0.15, 0.2) is 162 Å². The molecule has 0 bridgehead atoms. The third-order valence-electron chi connectivity index (χ3n) is 8.76. The van der Waals surface area contributed by atoms with Gasteiger partial charge in [0.15, 0.2) is 0 Å². The molecule has 0 atom stereocenters. The minimum atomic E-state index is -1.54. The van der Waals surface area contributed by atoms with Crippen LogP contribution < -0.4 is 0 Å². The molecule has 1 heteroatoms. The largest absolute Gasteiger partial charge is 0.456 e. The SMILES string of the molecule is [2H]c1c([2H])c([2H])c2c(c1[2H])-c1c(-c3c4c([2H])c([2H])c([2H])c([2H])c4c(-c4c([2H])c([2H])c(-c5c([2H])c([2H])c([2H])c6oc7c([2H])c([2H])c([2H])c([2H])c7c56)c([2H])c4[2H])c4c([2H])c([2H])c([2H])c([2H])c34)c([2H])c([2H])c([2H])c1C2(C)C. The highest BCUT2D eigenvalue weighted by molar-refractivity contribution is 6.23. The second-order valence-electron chi connectivity index (χ2n) is 11.6. The lowest BCUT2D eigenvalue weighted by Gasteiger charge is -2.22. The summed E-state index contributed by atoms with van der Waals surface area (Å²) in [6.45, 7) is 3.03. The Morgan fingerprint density at radius 1 is 0.396 bits per heavy atom. The van der Waals surface area contributed by atoms with Gasteiger partial charge in [0.05, 0.1) is 35.6 Å². The van der Waals surface area contributed by atoms with Crippen LogP contribution in [-0.2, 0) is 5.41 Å². The molecule has 0 fully saturated rings. The summed E-state index contributed by atoms with van der Waals surface area (Å²) in [4.78, 5) is 0. The van der Waals surface area contributed by atoms with Crippen molar-refractivity contribution in [2.24, 2.45) is 0 Å². The van der Waals surface area contributed by atoms with Crippen LogP contribution in [0.5, 0.6) is 0 Å². The molecule has 0 saturated heterocycles. The van der Waals surface area contributed by atoms with Crippen molar-refractivity contribution >= 4 is 43.5 Å². The van der Waals surface area contributed by atoms with Crippen molar-refractivity contribution in [3.8, 4) is 44.5 Å². The molecule has 0 saturated carbocycles. The lowest BCUT2D eigenvalue weighted by Crippen LogP contribution is -2.14. The summed E-state index contributed by atoms with van der Waals surface area (Å²) in [5, 5.41) is -3.53. The molecule has 1 aliphatic rings. The Labute approximate surface area is 316 Å². The van der Waals surface area contributed by atoms with Crippen molar-refractivity contribution in [3.63, 3.8) is 0 Å². The molecule has 226 valence electrons. The Morgan fingerprint density at radius 2 is 0.896 bits per heavy atom. The highest BCUT2D eigenvalue weighted by atomic mass is 16.3. The number of furan rings is 1. The molecule has 1 aliphatic carbocycles. The van der Waals surface area contributed by atoms with E-state index in [4.69, 9.17) is 25.0 Å². The first-order chi connectivity index (χ1) is 34.4. The molecule has 1 nitrogen and oxygen atoms in total. The third kappa shape index (κ3) is 3.73. The molecule has 10 rings (SSSR count).